The SMILES string of the molecule is CCCCn1c(CNC(=O)c2ccco2)nnc1SCC(=O)Nc1sc2c(c1C(=O)OCC)CCCCC2. The zero-order chi connectivity index (χ0) is 26.9. The van der Waals surface area contributed by atoms with Gasteiger partial charge in [-0.1, -0.05) is 31.5 Å². The Labute approximate surface area is 229 Å². The van der Waals surface area contributed by atoms with Gasteiger partial charge in [-0.15, -0.1) is 21.5 Å². The van der Waals surface area contributed by atoms with Gasteiger partial charge in [0, 0.05) is 11.4 Å². The highest BCUT2D eigenvalue weighted by Crippen LogP contribution is 2.38. The van der Waals surface area contributed by atoms with Crippen molar-refractivity contribution in [1.82, 2.24) is 20.1 Å². The molecule has 38 heavy (non-hydrogen) atoms. The van der Waals surface area contributed by atoms with Crippen LogP contribution in [-0.2, 0) is 35.5 Å². The Kier molecular flexibility index (Phi) is 9.99. The Hall–Kier alpha value is -3.12. The lowest BCUT2D eigenvalue weighted by atomic mass is 10.1. The van der Waals surface area contributed by atoms with Gasteiger partial charge in [0.25, 0.3) is 5.91 Å². The minimum Gasteiger partial charge on any atom is -0.462 e. The highest BCUT2D eigenvalue weighted by atomic mass is 32.2. The minimum absolute atomic E-state index is 0.105. The number of carbonyl (C=O) groups excluding carboxylic acids is 3. The van der Waals surface area contributed by atoms with Crippen molar-refractivity contribution in [1.29, 1.82) is 0 Å². The zero-order valence-electron chi connectivity index (χ0n) is 21.7. The number of carbonyl (C=O) groups is 3. The topological polar surface area (TPSA) is 128 Å². The molecule has 0 aliphatic heterocycles. The first-order valence-electron chi connectivity index (χ1n) is 13.0. The molecule has 0 saturated carbocycles. The summed E-state index contributed by atoms with van der Waals surface area (Å²) < 4.78 is 12.4. The number of thiophene rings is 1. The van der Waals surface area contributed by atoms with Crippen molar-refractivity contribution in [3.05, 3.63) is 46.0 Å². The number of fused-ring (bicyclic) bond motifs is 1. The fourth-order valence-corrected chi connectivity index (χ4v) is 6.37. The van der Waals surface area contributed by atoms with Crippen molar-refractivity contribution in [3.8, 4) is 0 Å². The number of nitrogens with one attached hydrogen (secondary N) is 2. The highest BCUT2D eigenvalue weighted by molar-refractivity contribution is 7.99. The third-order valence-electron chi connectivity index (χ3n) is 6.17. The number of amides is 2. The molecule has 3 aromatic heterocycles. The number of aryl methyl sites for hydroxylation is 1. The lowest BCUT2D eigenvalue weighted by Crippen LogP contribution is -2.24. The van der Waals surface area contributed by atoms with E-state index in [2.05, 4.69) is 27.8 Å². The summed E-state index contributed by atoms with van der Waals surface area (Å²) in [6, 6.07) is 3.25. The number of hydrogen-bond acceptors (Lipinski definition) is 9. The van der Waals surface area contributed by atoms with Crippen LogP contribution in [0.1, 0.15) is 83.1 Å². The third-order valence-corrected chi connectivity index (χ3v) is 8.34. The molecule has 1 aliphatic rings. The molecule has 2 N–H and O–H groups in total. The van der Waals surface area contributed by atoms with E-state index in [0.29, 0.717) is 28.1 Å². The van der Waals surface area contributed by atoms with Crippen molar-refractivity contribution in [2.75, 3.05) is 17.7 Å². The molecular formula is C26H33N5O5S2. The molecule has 0 radical (unpaired) electrons. The highest BCUT2D eigenvalue weighted by Gasteiger charge is 2.27. The van der Waals surface area contributed by atoms with E-state index in [1.807, 2.05) is 4.57 Å². The Morgan fingerprint density at radius 2 is 2.03 bits per heavy atom. The molecule has 4 rings (SSSR count). The normalized spacial score (nSPS) is 13.0. The van der Waals surface area contributed by atoms with E-state index in [4.69, 9.17) is 9.15 Å². The van der Waals surface area contributed by atoms with Gasteiger partial charge in [-0.25, -0.2) is 4.79 Å². The number of esters is 1. The monoisotopic (exact) mass is 559 g/mol. The van der Waals surface area contributed by atoms with Crippen molar-refractivity contribution in [3.63, 3.8) is 0 Å². The summed E-state index contributed by atoms with van der Waals surface area (Å²) in [5.74, 6) is -0.00401. The molecule has 204 valence electrons. The Morgan fingerprint density at radius 3 is 2.79 bits per heavy atom. The van der Waals surface area contributed by atoms with Crippen molar-refractivity contribution in [2.45, 2.75) is 77.0 Å². The summed E-state index contributed by atoms with van der Waals surface area (Å²) in [7, 11) is 0. The summed E-state index contributed by atoms with van der Waals surface area (Å²) in [6.45, 7) is 5.01. The average molecular weight is 560 g/mol. The van der Waals surface area contributed by atoms with Crippen LogP contribution >= 0.6 is 23.1 Å². The van der Waals surface area contributed by atoms with Gasteiger partial charge in [0.15, 0.2) is 16.7 Å². The molecule has 0 bridgehead atoms. The van der Waals surface area contributed by atoms with Gasteiger partial charge in [-0.2, -0.15) is 0 Å². The van der Waals surface area contributed by atoms with Crippen LogP contribution in [0.3, 0.4) is 0 Å². The number of furan rings is 1. The van der Waals surface area contributed by atoms with Gasteiger partial charge in [0.2, 0.25) is 5.91 Å². The fourth-order valence-electron chi connectivity index (χ4n) is 4.29. The number of thioether (sulfide) groups is 1. The van der Waals surface area contributed by atoms with Crippen LogP contribution in [0, 0.1) is 0 Å². The maximum Gasteiger partial charge on any atom is 0.341 e. The number of aromatic nitrogens is 3. The van der Waals surface area contributed by atoms with Crippen molar-refractivity contribution < 1.29 is 23.5 Å². The van der Waals surface area contributed by atoms with Crippen LogP contribution < -0.4 is 10.6 Å². The molecule has 0 aromatic carbocycles. The van der Waals surface area contributed by atoms with Crippen LogP contribution in [0.25, 0.3) is 0 Å². The third kappa shape index (κ3) is 6.84. The fraction of sp³-hybridized carbons (Fsp3) is 0.500. The van der Waals surface area contributed by atoms with Crippen LogP contribution in [-0.4, -0.2) is 44.9 Å². The number of rotatable bonds is 12. The lowest BCUT2D eigenvalue weighted by molar-refractivity contribution is -0.113. The number of hydrogen-bond donors (Lipinski definition) is 2. The molecular weight excluding hydrogens is 526 g/mol. The number of anilines is 1. The molecule has 1 aliphatic carbocycles. The maximum atomic E-state index is 13.0. The quantitative estimate of drug-likeness (QED) is 0.183. The number of unbranched alkanes of at least 4 members (excludes halogenated alkanes) is 1. The summed E-state index contributed by atoms with van der Waals surface area (Å²) in [5.41, 5.74) is 1.53. The van der Waals surface area contributed by atoms with E-state index in [1.54, 1.807) is 19.1 Å². The second-order valence-corrected chi connectivity index (χ2v) is 10.9. The Morgan fingerprint density at radius 1 is 1.18 bits per heavy atom. The van der Waals surface area contributed by atoms with E-state index in [9.17, 15) is 14.4 Å². The van der Waals surface area contributed by atoms with Crippen LogP contribution in [0.5, 0.6) is 0 Å². The first kappa shape index (κ1) is 27.9. The van der Waals surface area contributed by atoms with Gasteiger partial charge < -0.3 is 24.4 Å². The predicted octanol–water partition coefficient (Wildman–Crippen LogP) is 4.84. The molecule has 3 heterocycles. The summed E-state index contributed by atoms with van der Waals surface area (Å²) in [6.07, 6.45) is 8.30. The van der Waals surface area contributed by atoms with E-state index < -0.39 is 0 Å². The van der Waals surface area contributed by atoms with Gasteiger partial charge in [-0.05, 0) is 56.7 Å². The molecule has 12 heteroatoms. The van der Waals surface area contributed by atoms with E-state index in [0.717, 1.165) is 55.4 Å². The lowest BCUT2D eigenvalue weighted by Gasteiger charge is -2.10. The molecule has 0 atom stereocenters. The van der Waals surface area contributed by atoms with Crippen LogP contribution in [0.4, 0.5) is 5.00 Å². The summed E-state index contributed by atoms with van der Waals surface area (Å²) in [4.78, 5) is 39.2. The van der Waals surface area contributed by atoms with Crippen LogP contribution in [0.2, 0.25) is 0 Å². The average Bonchev–Trinajstić information content (AvgIpc) is 3.61. The van der Waals surface area contributed by atoms with Gasteiger partial charge >= 0.3 is 5.97 Å². The first-order chi connectivity index (χ1) is 18.5. The van der Waals surface area contributed by atoms with Crippen molar-refractivity contribution in [2.24, 2.45) is 0 Å². The Bertz CT molecular complexity index is 1250. The van der Waals surface area contributed by atoms with Crippen LogP contribution in [0.15, 0.2) is 28.0 Å². The molecule has 10 nitrogen and oxygen atoms in total. The molecule has 0 fully saturated rings. The molecule has 0 saturated heterocycles. The Balaban J connectivity index is 1.43. The van der Waals surface area contributed by atoms with Gasteiger partial charge in [-0.3, -0.25) is 9.59 Å². The van der Waals surface area contributed by atoms with Gasteiger partial charge in [0.1, 0.15) is 5.00 Å². The molecule has 2 amide bonds. The van der Waals surface area contributed by atoms with E-state index >= 15 is 0 Å². The maximum absolute atomic E-state index is 13.0. The minimum atomic E-state index is -0.379. The zero-order valence-corrected chi connectivity index (χ0v) is 23.3. The molecule has 0 unspecified atom stereocenters. The number of ether oxygens (including phenoxy) is 1. The largest absolute Gasteiger partial charge is 0.462 e. The molecule has 0 spiro atoms. The standard InChI is InChI=1S/C26H33N5O5S2/c1-3-5-13-31-20(15-27-23(33)18-11-9-14-36-18)29-30-26(31)37-16-21(32)28-24-22(25(34)35-4-2)17-10-7-6-8-12-19(17)38-24/h9,11,14H,3-8,10,12-13,15-16H2,1-2H3,(H,27,33)(H,28,32). The van der Waals surface area contributed by atoms with E-state index in [1.165, 1.54) is 29.4 Å². The van der Waals surface area contributed by atoms with Gasteiger partial charge in [0.05, 0.1) is 30.7 Å². The first-order valence-corrected chi connectivity index (χ1v) is 14.8. The van der Waals surface area contributed by atoms with E-state index in [-0.39, 0.29) is 42.4 Å². The second-order valence-electron chi connectivity index (χ2n) is 8.89. The second kappa shape index (κ2) is 13.6. The van der Waals surface area contributed by atoms with Crippen molar-refractivity contribution >= 4 is 45.9 Å². The number of nitrogens with zero attached hydrogens (tertiary/aromatic N) is 3. The predicted molar refractivity (Wildman–Crippen MR) is 146 cm³/mol. The summed E-state index contributed by atoms with van der Waals surface area (Å²) >= 11 is 2.76. The smallest absolute Gasteiger partial charge is 0.341 e. The molecule has 3 aromatic rings. The summed E-state index contributed by atoms with van der Waals surface area (Å²) in [5, 5.41) is 15.4.